The quantitative estimate of drug-likeness (QED) is 0.733. The van der Waals surface area contributed by atoms with Gasteiger partial charge in [-0.25, -0.2) is 0 Å². The molecule has 1 unspecified atom stereocenters. The van der Waals surface area contributed by atoms with E-state index in [4.69, 9.17) is 5.73 Å². The van der Waals surface area contributed by atoms with E-state index in [-0.39, 0.29) is 24.1 Å². The van der Waals surface area contributed by atoms with Crippen LogP contribution in [-0.4, -0.2) is 17.6 Å². The number of nitrogens with one attached hydrogen (secondary N) is 1. The number of phenols is 1. The highest BCUT2D eigenvalue weighted by atomic mass is 16.3. The van der Waals surface area contributed by atoms with Crippen LogP contribution >= 0.6 is 0 Å². The fourth-order valence-electron chi connectivity index (χ4n) is 1.85. The Labute approximate surface area is 111 Å². The second-order valence-corrected chi connectivity index (χ2v) is 4.24. The molecule has 0 aliphatic heterocycles. The van der Waals surface area contributed by atoms with Crippen LogP contribution in [0, 0.1) is 0 Å². The molecule has 0 spiro atoms. The van der Waals surface area contributed by atoms with Crippen molar-refractivity contribution < 1.29 is 9.90 Å². The summed E-state index contributed by atoms with van der Waals surface area (Å²) in [7, 11) is 0. The lowest BCUT2D eigenvalue weighted by molar-refractivity contribution is -0.117. The Morgan fingerprint density at radius 1 is 1.11 bits per heavy atom. The van der Waals surface area contributed by atoms with Gasteiger partial charge in [-0.05, 0) is 29.8 Å². The average Bonchev–Trinajstić information content (AvgIpc) is 2.43. The molecule has 0 aromatic heterocycles. The fourth-order valence-corrected chi connectivity index (χ4v) is 1.85. The maximum Gasteiger partial charge on any atom is 0.233 e. The van der Waals surface area contributed by atoms with Gasteiger partial charge in [-0.1, -0.05) is 30.3 Å². The van der Waals surface area contributed by atoms with Crippen molar-refractivity contribution in [2.24, 2.45) is 5.73 Å². The van der Waals surface area contributed by atoms with Crippen molar-refractivity contribution in [2.75, 3.05) is 11.9 Å². The second-order valence-electron chi connectivity index (χ2n) is 4.24. The number of hydrogen-bond donors (Lipinski definition) is 3. The molecule has 1 amide bonds. The van der Waals surface area contributed by atoms with Crippen LogP contribution in [0.4, 0.5) is 5.69 Å². The van der Waals surface area contributed by atoms with Crippen molar-refractivity contribution in [1.29, 1.82) is 0 Å². The highest BCUT2D eigenvalue weighted by Crippen LogP contribution is 2.18. The zero-order valence-corrected chi connectivity index (χ0v) is 10.4. The molecule has 1 atom stereocenters. The van der Waals surface area contributed by atoms with Gasteiger partial charge < -0.3 is 16.2 Å². The molecule has 4 nitrogen and oxygen atoms in total. The number of carbonyl (C=O) groups is 1. The molecule has 4 heteroatoms. The smallest absolute Gasteiger partial charge is 0.233 e. The van der Waals surface area contributed by atoms with E-state index in [1.165, 1.54) is 12.1 Å². The van der Waals surface area contributed by atoms with Crippen molar-refractivity contribution in [1.82, 2.24) is 0 Å². The van der Waals surface area contributed by atoms with Gasteiger partial charge in [0.2, 0.25) is 5.91 Å². The van der Waals surface area contributed by atoms with Crippen molar-refractivity contribution in [3.8, 4) is 5.75 Å². The van der Waals surface area contributed by atoms with Crippen molar-refractivity contribution >= 4 is 11.6 Å². The van der Waals surface area contributed by atoms with Crippen molar-refractivity contribution in [3.63, 3.8) is 0 Å². The van der Waals surface area contributed by atoms with Crippen LogP contribution in [0.5, 0.6) is 5.75 Å². The summed E-state index contributed by atoms with van der Waals surface area (Å²) in [4.78, 5) is 12.2. The second kappa shape index (κ2) is 6.02. The van der Waals surface area contributed by atoms with Crippen molar-refractivity contribution in [3.05, 3.63) is 60.2 Å². The summed E-state index contributed by atoms with van der Waals surface area (Å²) in [6.07, 6.45) is 0. The summed E-state index contributed by atoms with van der Waals surface area (Å²) < 4.78 is 0. The molecule has 0 bridgehead atoms. The molecule has 0 aliphatic carbocycles. The summed E-state index contributed by atoms with van der Waals surface area (Å²) >= 11 is 0. The van der Waals surface area contributed by atoms with Gasteiger partial charge in [0, 0.05) is 12.2 Å². The van der Waals surface area contributed by atoms with E-state index in [0.717, 1.165) is 5.56 Å². The Balaban J connectivity index is 2.11. The molecule has 0 radical (unpaired) electrons. The van der Waals surface area contributed by atoms with Crippen LogP contribution < -0.4 is 11.1 Å². The first-order valence-electron chi connectivity index (χ1n) is 6.05. The van der Waals surface area contributed by atoms with E-state index in [1.54, 1.807) is 12.1 Å². The Morgan fingerprint density at radius 3 is 2.32 bits per heavy atom. The largest absolute Gasteiger partial charge is 0.508 e. The molecule has 98 valence electrons. The van der Waals surface area contributed by atoms with Gasteiger partial charge in [0.25, 0.3) is 0 Å². The van der Waals surface area contributed by atoms with Crippen LogP contribution in [0.25, 0.3) is 0 Å². The van der Waals surface area contributed by atoms with Gasteiger partial charge in [0.05, 0.1) is 5.92 Å². The van der Waals surface area contributed by atoms with Crippen LogP contribution in [0.2, 0.25) is 0 Å². The average molecular weight is 256 g/mol. The SMILES string of the molecule is NCC(C(=O)Nc1ccc(O)cc1)c1ccccc1. The Hall–Kier alpha value is -2.33. The number of anilines is 1. The standard InChI is InChI=1S/C15H16N2O2/c16-10-14(11-4-2-1-3-5-11)15(19)17-12-6-8-13(18)9-7-12/h1-9,14,18H,10,16H2,(H,17,19). The zero-order chi connectivity index (χ0) is 13.7. The maximum atomic E-state index is 12.2. The maximum absolute atomic E-state index is 12.2. The molecule has 2 aromatic carbocycles. The summed E-state index contributed by atoms with van der Waals surface area (Å²) in [5.74, 6) is -0.370. The Morgan fingerprint density at radius 2 is 1.74 bits per heavy atom. The molecule has 0 fully saturated rings. The minimum atomic E-state index is -0.380. The summed E-state index contributed by atoms with van der Waals surface area (Å²) in [5.41, 5.74) is 7.21. The lowest BCUT2D eigenvalue weighted by Crippen LogP contribution is -2.27. The monoisotopic (exact) mass is 256 g/mol. The molecule has 0 saturated heterocycles. The van der Waals surface area contributed by atoms with Crippen LogP contribution in [-0.2, 0) is 4.79 Å². The van der Waals surface area contributed by atoms with E-state index >= 15 is 0 Å². The molecule has 19 heavy (non-hydrogen) atoms. The predicted molar refractivity (Wildman–Crippen MR) is 75.0 cm³/mol. The van der Waals surface area contributed by atoms with E-state index in [9.17, 15) is 9.90 Å². The number of benzene rings is 2. The first-order valence-corrected chi connectivity index (χ1v) is 6.05. The van der Waals surface area contributed by atoms with Gasteiger partial charge in [0.1, 0.15) is 5.75 Å². The minimum absolute atomic E-state index is 0.153. The van der Waals surface area contributed by atoms with E-state index in [0.29, 0.717) is 5.69 Å². The predicted octanol–water partition coefficient (Wildman–Crippen LogP) is 2.07. The van der Waals surface area contributed by atoms with E-state index in [2.05, 4.69) is 5.32 Å². The van der Waals surface area contributed by atoms with Gasteiger partial charge >= 0.3 is 0 Å². The number of rotatable bonds is 4. The molecule has 0 aliphatic rings. The van der Waals surface area contributed by atoms with Crippen LogP contribution in [0.15, 0.2) is 54.6 Å². The van der Waals surface area contributed by atoms with Gasteiger partial charge in [-0.3, -0.25) is 4.79 Å². The third kappa shape index (κ3) is 3.33. The topological polar surface area (TPSA) is 75.4 Å². The minimum Gasteiger partial charge on any atom is -0.508 e. The molecule has 2 rings (SSSR count). The molecular formula is C15H16N2O2. The molecule has 0 heterocycles. The first kappa shape index (κ1) is 13.1. The lowest BCUT2D eigenvalue weighted by Gasteiger charge is -2.15. The Kier molecular flexibility index (Phi) is 4.15. The zero-order valence-electron chi connectivity index (χ0n) is 10.4. The van der Waals surface area contributed by atoms with Gasteiger partial charge in [-0.2, -0.15) is 0 Å². The van der Waals surface area contributed by atoms with Gasteiger partial charge in [0.15, 0.2) is 0 Å². The molecule has 2 aromatic rings. The highest BCUT2D eigenvalue weighted by Gasteiger charge is 2.18. The summed E-state index contributed by atoms with van der Waals surface area (Å²) in [6, 6.07) is 15.8. The fraction of sp³-hybridized carbons (Fsp3) is 0.133. The van der Waals surface area contributed by atoms with E-state index in [1.807, 2.05) is 30.3 Å². The van der Waals surface area contributed by atoms with Gasteiger partial charge in [-0.15, -0.1) is 0 Å². The lowest BCUT2D eigenvalue weighted by atomic mass is 9.98. The highest BCUT2D eigenvalue weighted by molar-refractivity contribution is 5.96. The number of hydrogen-bond acceptors (Lipinski definition) is 3. The summed E-state index contributed by atoms with van der Waals surface area (Å²) in [5, 5.41) is 12.0. The number of amides is 1. The third-order valence-corrected chi connectivity index (χ3v) is 2.89. The molecule has 4 N–H and O–H groups in total. The molecular weight excluding hydrogens is 240 g/mol. The third-order valence-electron chi connectivity index (χ3n) is 2.89. The number of aromatic hydroxyl groups is 1. The van der Waals surface area contributed by atoms with E-state index < -0.39 is 0 Å². The number of phenolic OH excluding ortho intramolecular Hbond substituents is 1. The number of carbonyl (C=O) groups excluding carboxylic acids is 1. The Bertz CT molecular complexity index is 538. The number of nitrogens with two attached hydrogens (primary N) is 1. The normalized spacial score (nSPS) is 11.8. The van der Waals surface area contributed by atoms with Crippen molar-refractivity contribution in [2.45, 2.75) is 5.92 Å². The van der Waals surface area contributed by atoms with Crippen LogP contribution in [0.1, 0.15) is 11.5 Å². The van der Waals surface area contributed by atoms with Crippen LogP contribution in [0.3, 0.4) is 0 Å². The first-order chi connectivity index (χ1) is 9.20. The molecule has 0 saturated carbocycles. The summed E-state index contributed by atoms with van der Waals surface area (Å²) in [6.45, 7) is 0.244.